The summed E-state index contributed by atoms with van der Waals surface area (Å²) in [6.45, 7) is 1.72. The van der Waals surface area contributed by atoms with Crippen molar-refractivity contribution in [2.75, 3.05) is 18.5 Å². The molecule has 0 saturated carbocycles. The number of nitrogens with zero attached hydrogens (tertiary/aromatic N) is 4. The molecular weight excluding hydrogens is 354 g/mol. The molecular formula is C21H19N5O2. The van der Waals surface area contributed by atoms with Gasteiger partial charge in [-0.25, -0.2) is 4.68 Å². The molecule has 140 valence electrons. The molecule has 0 unspecified atom stereocenters. The van der Waals surface area contributed by atoms with Gasteiger partial charge in [-0.1, -0.05) is 24.3 Å². The van der Waals surface area contributed by atoms with Crippen LogP contribution in [0.25, 0.3) is 21.8 Å². The van der Waals surface area contributed by atoms with Gasteiger partial charge < -0.3 is 10.1 Å². The molecule has 1 aliphatic rings. The molecule has 0 spiro atoms. The number of anilines is 1. The first-order chi connectivity index (χ1) is 13.8. The lowest BCUT2D eigenvalue weighted by molar-refractivity contribution is 0.0209. The zero-order valence-electron chi connectivity index (χ0n) is 15.2. The summed E-state index contributed by atoms with van der Waals surface area (Å²) in [6.07, 6.45) is 2.30. The van der Waals surface area contributed by atoms with Crippen LogP contribution >= 0.6 is 0 Å². The van der Waals surface area contributed by atoms with Gasteiger partial charge in [0.25, 0.3) is 5.56 Å². The molecule has 1 saturated heterocycles. The molecule has 4 aromatic rings. The van der Waals surface area contributed by atoms with Crippen molar-refractivity contribution in [3.05, 3.63) is 70.8 Å². The Morgan fingerprint density at radius 1 is 1.11 bits per heavy atom. The Bertz CT molecular complexity index is 1220. The Morgan fingerprint density at radius 3 is 2.86 bits per heavy atom. The van der Waals surface area contributed by atoms with Crippen LogP contribution in [-0.4, -0.2) is 39.0 Å². The second-order valence-electron chi connectivity index (χ2n) is 6.90. The summed E-state index contributed by atoms with van der Waals surface area (Å²) >= 11 is 0. The van der Waals surface area contributed by atoms with Gasteiger partial charge >= 0.3 is 0 Å². The third-order valence-corrected chi connectivity index (χ3v) is 4.93. The fourth-order valence-electron chi connectivity index (χ4n) is 3.35. The maximum atomic E-state index is 12.9. The van der Waals surface area contributed by atoms with E-state index in [0.29, 0.717) is 42.9 Å². The largest absolute Gasteiger partial charge is 0.377 e. The second kappa shape index (κ2) is 7.01. The molecule has 28 heavy (non-hydrogen) atoms. The highest BCUT2D eigenvalue weighted by Gasteiger charge is 2.21. The van der Waals surface area contributed by atoms with Crippen LogP contribution < -0.4 is 10.9 Å². The lowest BCUT2D eigenvalue weighted by Gasteiger charge is -2.27. The van der Waals surface area contributed by atoms with Crippen LogP contribution in [0.4, 0.5) is 5.82 Å². The third kappa shape index (κ3) is 3.10. The molecule has 0 bridgehead atoms. The number of aryl methyl sites for hydroxylation is 2. The van der Waals surface area contributed by atoms with Crippen molar-refractivity contribution in [1.82, 2.24) is 19.7 Å². The van der Waals surface area contributed by atoms with E-state index in [4.69, 9.17) is 4.74 Å². The number of hydrogen-bond acceptors (Lipinski definition) is 6. The number of fused-ring (bicyclic) bond motifs is 2. The summed E-state index contributed by atoms with van der Waals surface area (Å²) in [5.74, 6) is 0.620. The van der Waals surface area contributed by atoms with Crippen LogP contribution in [0.1, 0.15) is 5.69 Å². The lowest BCUT2D eigenvalue weighted by Crippen LogP contribution is -2.41. The summed E-state index contributed by atoms with van der Waals surface area (Å²) < 4.78 is 6.73. The Morgan fingerprint density at radius 2 is 2.00 bits per heavy atom. The monoisotopic (exact) mass is 373 g/mol. The number of nitrogens with one attached hydrogen (secondary N) is 1. The van der Waals surface area contributed by atoms with E-state index in [0.717, 1.165) is 16.6 Å². The first kappa shape index (κ1) is 16.8. The van der Waals surface area contributed by atoms with E-state index < -0.39 is 0 Å². The van der Waals surface area contributed by atoms with Gasteiger partial charge in [-0.15, -0.1) is 5.10 Å². The molecule has 0 radical (unpaired) electrons. The molecule has 7 heteroatoms. The fraction of sp³-hybridized carbons (Fsp3) is 0.238. The molecule has 3 aromatic heterocycles. The minimum absolute atomic E-state index is 0.140. The van der Waals surface area contributed by atoms with Crippen molar-refractivity contribution in [2.24, 2.45) is 0 Å². The van der Waals surface area contributed by atoms with Crippen LogP contribution in [0.5, 0.6) is 0 Å². The van der Waals surface area contributed by atoms with Crippen LogP contribution in [0, 0.1) is 0 Å². The predicted molar refractivity (Wildman–Crippen MR) is 107 cm³/mol. The maximum Gasteiger partial charge on any atom is 0.276 e. The Hall–Kier alpha value is -3.32. The smallest absolute Gasteiger partial charge is 0.276 e. The quantitative estimate of drug-likeness (QED) is 0.578. The summed E-state index contributed by atoms with van der Waals surface area (Å²) in [5.41, 5.74) is 2.34. The van der Waals surface area contributed by atoms with E-state index in [1.165, 1.54) is 4.68 Å². The molecule has 4 heterocycles. The highest BCUT2D eigenvalue weighted by atomic mass is 16.5. The molecule has 0 atom stereocenters. The Labute approximate surface area is 161 Å². The van der Waals surface area contributed by atoms with Crippen molar-refractivity contribution in [2.45, 2.75) is 19.0 Å². The second-order valence-corrected chi connectivity index (χ2v) is 6.90. The number of pyridine rings is 2. The fourth-order valence-corrected chi connectivity index (χ4v) is 3.35. The van der Waals surface area contributed by atoms with Crippen molar-refractivity contribution < 1.29 is 4.74 Å². The average Bonchev–Trinajstić information content (AvgIpc) is 2.71. The van der Waals surface area contributed by atoms with Gasteiger partial charge in [-0.3, -0.25) is 14.8 Å². The third-order valence-electron chi connectivity index (χ3n) is 4.93. The average molecular weight is 373 g/mol. The van der Waals surface area contributed by atoms with E-state index >= 15 is 0 Å². The minimum atomic E-state index is -0.140. The molecule has 1 aromatic carbocycles. The van der Waals surface area contributed by atoms with Crippen LogP contribution in [0.15, 0.2) is 59.5 Å². The number of ether oxygens (including phenoxy) is 1. The van der Waals surface area contributed by atoms with Gasteiger partial charge in [0.1, 0.15) is 5.52 Å². The van der Waals surface area contributed by atoms with Gasteiger partial charge in [0, 0.05) is 23.7 Å². The summed E-state index contributed by atoms with van der Waals surface area (Å²) in [5, 5.41) is 9.55. The summed E-state index contributed by atoms with van der Waals surface area (Å²) in [6, 6.07) is 15.8. The molecule has 1 aliphatic heterocycles. The van der Waals surface area contributed by atoms with Gasteiger partial charge in [0.15, 0.2) is 5.82 Å². The predicted octanol–water partition coefficient (Wildman–Crippen LogP) is 2.39. The first-order valence-electron chi connectivity index (χ1n) is 9.33. The first-order valence-corrected chi connectivity index (χ1v) is 9.33. The maximum absolute atomic E-state index is 12.9. The zero-order valence-corrected chi connectivity index (χ0v) is 15.2. The number of benzene rings is 1. The Kier molecular flexibility index (Phi) is 4.21. The van der Waals surface area contributed by atoms with Crippen molar-refractivity contribution in [1.29, 1.82) is 0 Å². The normalized spacial score (nSPS) is 14.3. The minimum Gasteiger partial charge on any atom is -0.377 e. The van der Waals surface area contributed by atoms with Crippen LogP contribution in [-0.2, 0) is 17.7 Å². The SMILES string of the molecule is O=c1c2cccnc2c(NC2COC2)nn1CCc1ccc2ccccc2n1. The number of rotatable bonds is 5. The number of para-hydroxylation sites is 1. The van der Waals surface area contributed by atoms with Gasteiger partial charge in [-0.2, -0.15) is 0 Å². The van der Waals surface area contributed by atoms with Gasteiger partial charge in [0.2, 0.25) is 0 Å². The van der Waals surface area contributed by atoms with E-state index in [9.17, 15) is 4.79 Å². The van der Waals surface area contributed by atoms with Crippen LogP contribution in [0.3, 0.4) is 0 Å². The zero-order chi connectivity index (χ0) is 18.9. The number of aromatic nitrogens is 4. The molecule has 0 amide bonds. The van der Waals surface area contributed by atoms with Gasteiger partial charge in [0.05, 0.1) is 36.7 Å². The molecule has 7 nitrogen and oxygen atoms in total. The molecule has 0 aliphatic carbocycles. The highest BCUT2D eigenvalue weighted by molar-refractivity contribution is 5.87. The van der Waals surface area contributed by atoms with E-state index in [1.54, 1.807) is 18.3 Å². The highest BCUT2D eigenvalue weighted by Crippen LogP contribution is 2.18. The number of hydrogen-bond donors (Lipinski definition) is 1. The molecule has 5 rings (SSSR count). The standard InChI is InChI=1S/C21H19N5O2/c27-21-17-5-3-10-22-19(17)20(24-16-12-28-13-16)25-26(21)11-9-15-8-7-14-4-1-2-6-18(14)23-15/h1-8,10,16H,9,11-13H2,(H,24,25). The van der Waals surface area contributed by atoms with Crippen molar-refractivity contribution in [3.63, 3.8) is 0 Å². The van der Waals surface area contributed by atoms with Gasteiger partial charge in [-0.05, 0) is 24.3 Å². The van der Waals surface area contributed by atoms with E-state index in [1.807, 2.05) is 30.3 Å². The van der Waals surface area contributed by atoms with Crippen molar-refractivity contribution >= 4 is 27.6 Å². The van der Waals surface area contributed by atoms with Crippen molar-refractivity contribution in [3.8, 4) is 0 Å². The summed E-state index contributed by atoms with van der Waals surface area (Å²) in [7, 11) is 0. The lowest BCUT2D eigenvalue weighted by atomic mass is 10.2. The Balaban J connectivity index is 1.47. The molecule has 1 fully saturated rings. The molecule has 1 N–H and O–H groups in total. The topological polar surface area (TPSA) is 81.9 Å². The summed E-state index contributed by atoms with van der Waals surface area (Å²) in [4.78, 5) is 21.9. The van der Waals surface area contributed by atoms with Crippen LogP contribution in [0.2, 0.25) is 0 Å². The van der Waals surface area contributed by atoms with E-state index in [-0.39, 0.29) is 11.6 Å². The van der Waals surface area contributed by atoms with E-state index in [2.05, 4.69) is 26.4 Å².